The maximum absolute atomic E-state index is 5.20. The molecule has 0 radical (unpaired) electrons. The predicted octanol–water partition coefficient (Wildman–Crippen LogP) is -0.770. The molecule has 0 unspecified atom stereocenters. The molecule has 0 spiro atoms. The number of nitrogens with zero attached hydrogens (tertiary/aromatic N) is 3. The summed E-state index contributed by atoms with van der Waals surface area (Å²) in [5.41, 5.74) is 3.61. The normalized spacial score (nSPS) is 11.5. The standard InChI is InChI=1S/C8H16N6/c1-7-5-12-14(6-7)4-3-11-8(10-2)13-9/h5-6H,3-4,9H2,1-2H3,(H2,10,11,13). The van der Waals surface area contributed by atoms with Gasteiger partial charge in [0.15, 0.2) is 0 Å². The van der Waals surface area contributed by atoms with Gasteiger partial charge in [-0.25, -0.2) is 5.84 Å². The summed E-state index contributed by atoms with van der Waals surface area (Å²) in [6.07, 6.45) is 3.82. The fraction of sp³-hybridized carbons (Fsp3) is 0.500. The van der Waals surface area contributed by atoms with Gasteiger partial charge < -0.3 is 5.32 Å². The van der Waals surface area contributed by atoms with E-state index >= 15 is 0 Å². The summed E-state index contributed by atoms with van der Waals surface area (Å²) in [6, 6.07) is 0. The topological polar surface area (TPSA) is 80.3 Å². The van der Waals surface area contributed by atoms with Crippen molar-refractivity contribution in [2.45, 2.75) is 13.5 Å². The second-order valence-corrected chi connectivity index (χ2v) is 2.92. The predicted molar refractivity (Wildman–Crippen MR) is 55.6 cm³/mol. The summed E-state index contributed by atoms with van der Waals surface area (Å²) >= 11 is 0. The van der Waals surface area contributed by atoms with E-state index in [-0.39, 0.29) is 0 Å². The van der Waals surface area contributed by atoms with Gasteiger partial charge in [0.05, 0.1) is 12.7 Å². The van der Waals surface area contributed by atoms with Gasteiger partial charge in [-0.05, 0) is 12.5 Å². The molecule has 1 rings (SSSR count). The lowest BCUT2D eigenvalue weighted by atomic mass is 10.4. The van der Waals surface area contributed by atoms with Gasteiger partial charge in [-0.15, -0.1) is 0 Å². The van der Waals surface area contributed by atoms with Gasteiger partial charge in [0.2, 0.25) is 5.96 Å². The molecule has 0 bridgehead atoms. The first-order valence-corrected chi connectivity index (χ1v) is 4.42. The summed E-state index contributed by atoms with van der Waals surface area (Å²) in [5, 5.41) is 7.18. The summed E-state index contributed by atoms with van der Waals surface area (Å²) < 4.78 is 1.87. The van der Waals surface area contributed by atoms with Gasteiger partial charge in [0.25, 0.3) is 0 Å². The van der Waals surface area contributed by atoms with Crippen LogP contribution in [0.4, 0.5) is 0 Å². The maximum atomic E-state index is 5.20. The van der Waals surface area contributed by atoms with Crippen molar-refractivity contribution in [3.05, 3.63) is 18.0 Å². The van der Waals surface area contributed by atoms with Gasteiger partial charge in [0.1, 0.15) is 0 Å². The van der Waals surface area contributed by atoms with Crippen LogP contribution in [0, 0.1) is 6.92 Å². The van der Waals surface area contributed by atoms with Crippen molar-refractivity contribution >= 4 is 5.96 Å². The molecule has 0 aliphatic rings. The highest BCUT2D eigenvalue weighted by Crippen LogP contribution is 1.92. The number of nitrogens with one attached hydrogen (secondary N) is 2. The van der Waals surface area contributed by atoms with Crippen LogP contribution in [0.15, 0.2) is 17.4 Å². The third-order valence-corrected chi connectivity index (χ3v) is 1.76. The highest BCUT2D eigenvalue weighted by molar-refractivity contribution is 5.78. The third kappa shape index (κ3) is 3.06. The van der Waals surface area contributed by atoms with E-state index < -0.39 is 0 Å². The van der Waals surface area contributed by atoms with Crippen molar-refractivity contribution in [2.75, 3.05) is 13.6 Å². The van der Waals surface area contributed by atoms with Gasteiger partial charge >= 0.3 is 0 Å². The first-order chi connectivity index (χ1) is 6.76. The molecule has 4 N–H and O–H groups in total. The Morgan fingerprint density at radius 3 is 3.00 bits per heavy atom. The van der Waals surface area contributed by atoms with Crippen molar-refractivity contribution in [3.8, 4) is 0 Å². The lowest BCUT2D eigenvalue weighted by molar-refractivity contribution is 0.598. The molecule has 0 atom stereocenters. The summed E-state index contributed by atoms with van der Waals surface area (Å²) in [7, 11) is 1.67. The van der Waals surface area contributed by atoms with Crippen molar-refractivity contribution in [1.29, 1.82) is 0 Å². The number of aromatic nitrogens is 2. The van der Waals surface area contributed by atoms with Crippen LogP contribution in [0.1, 0.15) is 5.56 Å². The molecule has 0 saturated carbocycles. The van der Waals surface area contributed by atoms with Gasteiger partial charge in [-0.3, -0.25) is 15.1 Å². The average Bonchev–Trinajstić information content (AvgIpc) is 2.59. The number of guanidine groups is 1. The van der Waals surface area contributed by atoms with E-state index in [9.17, 15) is 0 Å². The Bertz CT molecular complexity index is 303. The Morgan fingerprint density at radius 1 is 1.71 bits per heavy atom. The molecule has 6 heteroatoms. The van der Waals surface area contributed by atoms with E-state index in [1.165, 1.54) is 0 Å². The Balaban J connectivity index is 2.28. The minimum Gasteiger partial charge on any atom is -0.353 e. The number of hydrogen-bond acceptors (Lipinski definition) is 3. The zero-order valence-electron chi connectivity index (χ0n) is 8.49. The first-order valence-electron chi connectivity index (χ1n) is 4.42. The van der Waals surface area contributed by atoms with Crippen LogP contribution in [0.25, 0.3) is 0 Å². The lowest BCUT2D eigenvalue weighted by Gasteiger charge is -2.07. The smallest absolute Gasteiger partial charge is 0.205 e. The van der Waals surface area contributed by atoms with Crippen LogP contribution in [0.3, 0.4) is 0 Å². The maximum Gasteiger partial charge on any atom is 0.205 e. The Morgan fingerprint density at radius 2 is 2.50 bits per heavy atom. The Kier molecular flexibility index (Phi) is 3.93. The summed E-state index contributed by atoms with van der Waals surface area (Å²) in [5.74, 6) is 5.78. The molecule has 78 valence electrons. The lowest BCUT2D eigenvalue weighted by Crippen LogP contribution is -2.42. The van der Waals surface area contributed by atoms with Crippen molar-refractivity contribution in [3.63, 3.8) is 0 Å². The Hall–Kier alpha value is -1.56. The molecule has 0 aliphatic carbocycles. The minimum absolute atomic E-state index is 0.578. The molecule has 0 fully saturated rings. The van der Waals surface area contributed by atoms with E-state index in [0.29, 0.717) is 5.96 Å². The molecule has 1 aromatic rings. The van der Waals surface area contributed by atoms with Crippen LogP contribution in [0.2, 0.25) is 0 Å². The number of rotatable bonds is 3. The molecule has 1 aromatic heterocycles. The van der Waals surface area contributed by atoms with Crippen molar-refractivity contribution in [1.82, 2.24) is 20.5 Å². The molecule has 0 aliphatic heterocycles. The highest BCUT2D eigenvalue weighted by atomic mass is 15.3. The van der Waals surface area contributed by atoms with E-state index in [2.05, 4.69) is 20.8 Å². The van der Waals surface area contributed by atoms with Crippen LogP contribution in [-0.4, -0.2) is 29.3 Å². The Labute approximate surface area is 83.2 Å². The minimum atomic E-state index is 0.578. The fourth-order valence-electron chi connectivity index (χ4n) is 1.07. The second kappa shape index (κ2) is 5.23. The zero-order chi connectivity index (χ0) is 10.4. The third-order valence-electron chi connectivity index (χ3n) is 1.76. The van der Waals surface area contributed by atoms with E-state index in [0.717, 1.165) is 18.7 Å². The zero-order valence-corrected chi connectivity index (χ0v) is 8.49. The van der Waals surface area contributed by atoms with Crippen LogP contribution < -0.4 is 16.6 Å². The summed E-state index contributed by atoms with van der Waals surface area (Å²) in [4.78, 5) is 3.88. The molecule has 14 heavy (non-hydrogen) atoms. The number of aryl methyl sites for hydroxylation is 1. The highest BCUT2D eigenvalue weighted by Gasteiger charge is 1.95. The van der Waals surface area contributed by atoms with E-state index in [1.807, 2.05) is 24.0 Å². The average molecular weight is 196 g/mol. The van der Waals surface area contributed by atoms with Crippen molar-refractivity contribution in [2.24, 2.45) is 10.8 Å². The van der Waals surface area contributed by atoms with Crippen LogP contribution in [-0.2, 0) is 6.54 Å². The number of aliphatic imine (C=N–C) groups is 1. The monoisotopic (exact) mass is 196 g/mol. The van der Waals surface area contributed by atoms with Crippen LogP contribution >= 0.6 is 0 Å². The molecular formula is C8H16N6. The number of hydrogen-bond donors (Lipinski definition) is 3. The molecular weight excluding hydrogens is 180 g/mol. The van der Waals surface area contributed by atoms with E-state index in [4.69, 9.17) is 5.84 Å². The summed E-state index contributed by atoms with van der Waals surface area (Å²) in [6.45, 7) is 3.53. The quantitative estimate of drug-likeness (QED) is 0.257. The largest absolute Gasteiger partial charge is 0.353 e. The van der Waals surface area contributed by atoms with Gasteiger partial charge in [0, 0.05) is 19.8 Å². The molecule has 0 aromatic carbocycles. The van der Waals surface area contributed by atoms with Gasteiger partial charge in [-0.1, -0.05) is 0 Å². The number of hydrazine groups is 1. The molecule has 6 nitrogen and oxygen atoms in total. The first kappa shape index (κ1) is 10.5. The number of nitrogens with two attached hydrogens (primary N) is 1. The SMILES string of the molecule is CN=C(NN)NCCn1cc(C)cn1. The molecule has 0 saturated heterocycles. The second-order valence-electron chi connectivity index (χ2n) is 2.92. The van der Waals surface area contributed by atoms with E-state index in [1.54, 1.807) is 7.05 Å². The molecule has 1 heterocycles. The van der Waals surface area contributed by atoms with Gasteiger partial charge in [-0.2, -0.15) is 5.10 Å². The molecule has 0 amide bonds. The fourth-order valence-corrected chi connectivity index (χ4v) is 1.07. The van der Waals surface area contributed by atoms with Crippen LogP contribution in [0.5, 0.6) is 0 Å². The van der Waals surface area contributed by atoms with Crippen molar-refractivity contribution < 1.29 is 0 Å².